The summed E-state index contributed by atoms with van der Waals surface area (Å²) in [5, 5.41) is 2.59. The minimum absolute atomic E-state index is 0.160. The Morgan fingerprint density at radius 3 is 2.63 bits per heavy atom. The summed E-state index contributed by atoms with van der Waals surface area (Å²) in [5.74, 6) is -0.0896. The highest BCUT2D eigenvalue weighted by Crippen LogP contribution is 2.19. The van der Waals surface area contributed by atoms with Crippen molar-refractivity contribution in [3.63, 3.8) is 0 Å². The summed E-state index contributed by atoms with van der Waals surface area (Å²) in [6.07, 6.45) is 0. The molecule has 27 heavy (non-hydrogen) atoms. The molecule has 0 unspecified atom stereocenters. The molecule has 0 radical (unpaired) electrons. The third-order valence-electron chi connectivity index (χ3n) is 4.10. The maximum absolute atomic E-state index is 13.7. The summed E-state index contributed by atoms with van der Waals surface area (Å²) in [6, 6.07) is 13.5. The molecular formula is C20H22BrFN2O2S. The minimum atomic E-state index is -0.601. The molecule has 0 aliphatic heterocycles. The second-order valence-electron chi connectivity index (χ2n) is 6.03. The molecule has 0 bridgehead atoms. The number of nitrogens with zero attached hydrogens (tertiary/aromatic N) is 1. The van der Waals surface area contributed by atoms with Gasteiger partial charge in [-0.15, -0.1) is 11.8 Å². The second kappa shape index (κ2) is 10.5. The zero-order valence-electron chi connectivity index (χ0n) is 15.2. The third-order valence-corrected chi connectivity index (χ3v) is 5.56. The van der Waals surface area contributed by atoms with Gasteiger partial charge in [0.1, 0.15) is 11.9 Å². The highest BCUT2D eigenvalue weighted by atomic mass is 79.9. The fraction of sp³-hybridized carbons (Fsp3) is 0.300. The molecule has 0 saturated carbocycles. The van der Waals surface area contributed by atoms with E-state index in [-0.39, 0.29) is 23.4 Å². The maximum Gasteiger partial charge on any atom is 0.242 e. The average molecular weight is 453 g/mol. The lowest BCUT2D eigenvalue weighted by Crippen LogP contribution is -2.47. The normalized spacial score (nSPS) is 11.7. The number of benzene rings is 2. The molecule has 0 heterocycles. The Morgan fingerprint density at radius 2 is 1.96 bits per heavy atom. The van der Waals surface area contributed by atoms with Crippen molar-refractivity contribution >= 4 is 39.5 Å². The average Bonchev–Trinajstić information content (AvgIpc) is 2.66. The first-order valence-corrected chi connectivity index (χ1v) is 10.4. The molecule has 1 N–H and O–H groups in total. The number of hydrogen-bond acceptors (Lipinski definition) is 3. The number of carbonyl (C=O) groups is 2. The van der Waals surface area contributed by atoms with Gasteiger partial charge in [-0.2, -0.15) is 0 Å². The molecule has 0 saturated heterocycles. The van der Waals surface area contributed by atoms with Crippen LogP contribution in [0.2, 0.25) is 0 Å². The van der Waals surface area contributed by atoms with Gasteiger partial charge in [0.05, 0.1) is 5.75 Å². The molecule has 0 aromatic heterocycles. The van der Waals surface area contributed by atoms with Crippen LogP contribution >= 0.6 is 27.7 Å². The van der Waals surface area contributed by atoms with Crippen LogP contribution in [0.25, 0.3) is 0 Å². The lowest BCUT2D eigenvalue weighted by molar-refractivity contribution is -0.138. The molecule has 0 aliphatic rings. The zero-order valence-corrected chi connectivity index (χ0v) is 17.6. The van der Waals surface area contributed by atoms with Crippen molar-refractivity contribution < 1.29 is 14.0 Å². The van der Waals surface area contributed by atoms with Gasteiger partial charge in [-0.25, -0.2) is 4.39 Å². The van der Waals surface area contributed by atoms with Gasteiger partial charge in [0.25, 0.3) is 0 Å². The van der Waals surface area contributed by atoms with E-state index in [2.05, 4.69) is 21.2 Å². The van der Waals surface area contributed by atoms with Crippen molar-refractivity contribution in [3.8, 4) is 0 Å². The van der Waals surface area contributed by atoms with Gasteiger partial charge in [0.15, 0.2) is 0 Å². The quantitative estimate of drug-likeness (QED) is 0.658. The summed E-state index contributed by atoms with van der Waals surface area (Å²) < 4.78 is 14.6. The molecule has 4 nitrogen and oxygen atoms in total. The lowest BCUT2D eigenvalue weighted by Gasteiger charge is -2.28. The highest BCUT2D eigenvalue weighted by Gasteiger charge is 2.25. The summed E-state index contributed by atoms with van der Waals surface area (Å²) in [6.45, 7) is 2.03. The van der Waals surface area contributed by atoms with Gasteiger partial charge in [-0.05, 0) is 36.2 Å². The Labute approximate surface area is 171 Å². The first-order chi connectivity index (χ1) is 12.9. The van der Waals surface area contributed by atoms with E-state index >= 15 is 0 Å². The standard InChI is InChI=1S/C20H22BrFN2O2S/c1-14(20(26)23-2)24(11-15-6-5-8-17(21)10-15)19(25)13-27-12-16-7-3-4-9-18(16)22/h3-10,14H,11-13H2,1-2H3,(H,23,26)/t14-/m1/s1. The Hall–Kier alpha value is -1.86. The van der Waals surface area contributed by atoms with Crippen LogP contribution in [0, 0.1) is 5.82 Å². The van der Waals surface area contributed by atoms with E-state index in [1.165, 1.54) is 17.8 Å². The number of thioether (sulfide) groups is 1. The summed E-state index contributed by atoms with van der Waals surface area (Å²) >= 11 is 4.76. The topological polar surface area (TPSA) is 49.4 Å². The number of hydrogen-bond donors (Lipinski definition) is 1. The summed E-state index contributed by atoms with van der Waals surface area (Å²) in [7, 11) is 1.55. The first kappa shape index (κ1) is 21.4. The van der Waals surface area contributed by atoms with E-state index < -0.39 is 6.04 Å². The van der Waals surface area contributed by atoms with E-state index in [0.29, 0.717) is 17.9 Å². The molecule has 2 rings (SSSR count). The predicted octanol–water partition coefficient (Wildman–Crippen LogP) is 3.98. The SMILES string of the molecule is CNC(=O)[C@@H](C)N(Cc1cccc(Br)c1)C(=O)CSCc1ccccc1F. The van der Waals surface area contributed by atoms with E-state index in [0.717, 1.165) is 10.0 Å². The van der Waals surface area contributed by atoms with Crippen LogP contribution < -0.4 is 5.32 Å². The molecule has 1 atom stereocenters. The van der Waals surface area contributed by atoms with Gasteiger partial charge in [0.2, 0.25) is 11.8 Å². The Kier molecular flexibility index (Phi) is 8.31. The van der Waals surface area contributed by atoms with Crippen molar-refractivity contribution in [1.82, 2.24) is 10.2 Å². The van der Waals surface area contributed by atoms with Gasteiger partial charge in [-0.1, -0.05) is 46.3 Å². The minimum Gasteiger partial charge on any atom is -0.357 e. The third kappa shape index (κ3) is 6.36. The fourth-order valence-electron chi connectivity index (χ4n) is 2.57. The van der Waals surface area contributed by atoms with E-state index in [1.807, 2.05) is 24.3 Å². The van der Waals surface area contributed by atoms with Crippen molar-refractivity contribution in [3.05, 3.63) is 69.9 Å². The van der Waals surface area contributed by atoms with Gasteiger partial charge >= 0.3 is 0 Å². The predicted molar refractivity (Wildman–Crippen MR) is 111 cm³/mol. The van der Waals surface area contributed by atoms with Crippen molar-refractivity contribution in [1.29, 1.82) is 0 Å². The number of rotatable bonds is 8. The molecule has 2 aromatic rings. The van der Waals surface area contributed by atoms with Crippen LogP contribution in [0.5, 0.6) is 0 Å². The molecule has 0 spiro atoms. The van der Waals surface area contributed by atoms with Crippen LogP contribution in [0.1, 0.15) is 18.1 Å². The molecule has 2 aromatic carbocycles. The smallest absolute Gasteiger partial charge is 0.242 e. The number of nitrogens with one attached hydrogen (secondary N) is 1. The summed E-state index contributed by atoms with van der Waals surface area (Å²) in [5.41, 5.74) is 1.49. The van der Waals surface area contributed by atoms with E-state index in [9.17, 15) is 14.0 Å². The lowest BCUT2D eigenvalue weighted by atomic mass is 10.1. The van der Waals surface area contributed by atoms with Crippen molar-refractivity contribution in [2.45, 2.75) is 25.3 Å². The monoisotopic (exact) mass is 452 g/mol. The van der Waals surface area contributed by atoms with E-state index in [1.54, 1.807) is 37.1 Å². The van der Waals surface area contributed by atoms with Gasteiger partial charge in [0, 0.05) is 23.8 Å². The molecule has 7 heteroatoms. The van der Waals surface area contributed by atoms with Gasteiger partial charge < -0.3 is 10.2 Å². The van der Waals surface area contributed by atoms with Crippen molar-refractivity contribution in [2.75, 3.05) is 12.8 Å². The first-order valence-electron chi connectivity index (χ1n) is 8.49. The van der Waals surface area contributed by atoms with Gasteiger partial charge in [-0.3, -0.25) is 9.59 Å². The Morgan fingerprint density at radius 1 is 1.22 bits per heavy atom. The number of likely N-dealkylation sites (N-methyl/N-ethyl adjacent to an activating group) is 1. The largest absolute Gasteiger partial charge is 0.357 e. The molecule has 2 amide bonds. The number of carbonyl (C=O) groups excluding carboxylic acids is 2. The number of halogens is 2. The molecule has 0 fully saturated rings. The Bertz CT molecular complexity index is 803. The molecular weight excluding hydrogens is 431 g/mol. The van der Waals surface area contributed by atoms with Crippen molar-refractivity contribution in [2.24, 2.45) is 0 Å². The van der Waals surface area contributed by atoms with Crippen LogP contribution in [-0.4, -0.2) is 35.6 Å². The summed E-state index contributed by atoms with van der Waals surface area (Å²) in [4.78, 5) is 26.4. The van der Waals surface area contributed by atoms with Crippen LogP contribution in [-0.2, 0) is 21.9 Å². The van der Waals surface area contributed by atoms with Crippen LogP contribution in [0.15, 0.2) is 53.0 Å². The Balaban J connectivity index is 2.06. The van der Waals surface area contributed by atoms with E-state index in [4.69, 9.17) is 0 Å². The van der Waals surface area contributed by atoms with Crippen LogP contribution in [0.3, 0.4) is 0 Å². The molecule has 0 aliphatic carbocycles. The highest BCUT2D eigenvalue weighted by molar-refractivity contribution is 9.10. The van der Waals surface area contributed by atoms with Crippen LogP contribution in [0.4, 0.5) is 4.39 Å². The number of amides is 2. The zero-order chi connectivity index (χ0) is 19.8. The fourth-order valence-corrected chi connectivity index (χ4v) is 3.91. The maximum atomic E-state index is 13.7. The second-order valence-corrected chi connectivity index (χ2v) is 7.93. The molecule has 144 valence electrons.